The van der Waals surface area contributed by atoms with Crippen LogP contribution in [0, 0.1) is 22.6 Å². The molecule has 1 aliphatic heterocycles. The molecule has 1 atom stereocenters. The van der Waals surface area contributed by atoms with Gasteiger partial charge in [-0.15, -0.1) is 0 Å². The Hall–Kier alpha value is -3.73. The molecule has 0 fully saturated rings. The minimum Gasteiger partial charge on any atom is -0.530 e. The van der Waals surface area contributed by atoms with Crippen molar-refractivity contribution in [2.75, 3.05) is 22.9 Å². The van der Waals surface area contributed by atoms with E-state index in [1.165, 1.54) is 0 Å². The van der Waals surface area contributed by atoms with E-state index in [1.807, 2.05) is 0 Å². The standard InChI is InChI=1S/C25H27F4N3O6S/c1-23(2,14-30)12-16-13-31(39(35,36)17-7-8-18(26)21(11-17)37-5)19-10-15(6-9-20(19)38-16)32(22(33)34)24(3,4)25(27,28)29/h6-11,16H,12-13H2,1-5H3,(H,33,34)/p-1/t16-/m1/s1. The molecule has 0 aliphatic carbocycles. The van der Waals surface area contributed by atoms with Crippen LogP contribution in [0.5, 0.6) is 11.5 Å². The predicted molar refractivity (Wildman–Crippen MR) is 130 cm³/mol. The van der Waals surface area contributed by atoms with Crippen LogP contribution in [0.2, 0.25) is 0 Å². The second-order valence-electron chi connectivity index (χ2n) is 10.1. The Morgan fingerprint density at radius 3 is 2.38 bits per heavy atom. The van der Waals surface area contributed by atoms with Crippen molar-refractivity contribution in [3.05, 3.63) is 42.2 Å². The van der Waals surface area contributed by atoms with Crippen LogP contribution in [-0.4, -0.2) is 46.0 Å². The second kappa shape index (κ2) is 10.1. The van der Waals surface area contributed by atoms with E-state index in [9.17, 15) is 41.1 Å². The van der Waals surface area contributed by atoms with Crippen LogP contribution >= 0.6 is 0 Å². The fourth-order valence-electron chi connectivity index (χ4n) is 4.10. The van der Waals surface area contributed by atoms with Crippen LogP contribution in [0.1, 0.15) is 34.1 Å². The Balaban J connectivity index is 2.22. The first-order chi connectivity index (χ1) is 17.9. The van der Waals surface area contributed by atoms with Crippen LogP contribution in [-0.2, 0) is 10.0 Å². The second-order valence-corrected chi connectivity index (χ2v) is 11.9. The van der Waals surface area contributed by atoms with Gasteiger partial charge in [0.05, 0.1) is 35.7 Å². The SMILES string of the molecule is COc1cc(S(=O)(=O)N2C[C@@H](CC(C)(C)C#N)Oc3ccc(N(C(=O)[O-])C(C)(C)C(F)(F)F)cc32)ccc1F. The number of alkyl halides is 3. The lowest BCUT2D eigenvalue weighted by Crippen LogP contribution is -2.60. The van der Waals surface area contributed by atoms with Crippen LogP contribution < -0.4 is 23.8 Å². The number of nitriles is 1. The molecule has 0 bridgehead atoms. The molecular weight excluding hydrogens is 546 g/mol. The topological polar surface area (TPSA) is 123 Å². The summed E-state index contributed by atoms with van der Waals surface area (Å²) in [6.45, 7) is 4.14. The molecule has 0 spiro atoms. The molecule has 1 amide bonds. The van der Waals surface area contributed by atoms with Crippen molar-refractivity contribution in [2.24, 2.45) is 5.41 Å². The molecule has 0 radical (unpaired) electrons. The molecule has 39 heavy (non-hydrogen) atoms. The zero-order valence-electron chi connectivity index (χ0n) is 21.7. The highest BCUT2D eigenvalue weighted by Gasteiger charge is 2.52. The van der Waals surface area contributed by atoms with Gasteiger partial charge in [-0.1, -0.05) is 0 Å². The van der Waals surface area contributed by atoms with E-state index in [0.29, 0.717) is 13.8 Å². The number of anilines is 2. The Bertz CT molecular complexity index is 1420. The van der Waals surface area contributed by atoms with Crippen LogP contribution in [0.15, 0.2) is 41.3 Å². The molecule has 9 nitrogen and oxygen atoms in total. The number of hydrogen-bond donors (Lipinski definition) is 0. The van der Waals surface area contributed by atoms with Crippen molar-refractivity contribution in [1.29, 1.82) is 5.26 Å². The lowest BCUT2D eigenvalue weighted by Gasteiger charge is -2.42. The molecule has 3 rings (SSSR count). The number of carbonyl (C=O) groups excluding carboxylic acids is 1. The number of rotatable bonds is 7. The lowest BCUT2D eigenvalue weighted by molar-refractivity contribution is -0.254. The molecule has 0 unspecified atom stereocenters. The number of amides is 1. The summed E-state index contributed by atoms with van der Waals surface area (Å²) in [4.78, 5) is 11.5. The van der Waals surface area contributed by atoms with Crippen molar-refractivity contribution >= 4 is 27.5 Å². The van der Waals surface area contributed by atoms with E-state index in [1.54, 1.807) is 13.8 Å². The molecular formula is C25H26F4N3O6S-. The maximum atomic E-state index is 14.0. The van der Waals surface area contributed by atoms with E-state index in [0.717, 1.165) is 47.8 Å². The molecule has 2 aromatic rings. The Kier molecular flexibility index (Phi) is 7.73. The van der Waals surface area contributed by atoms with Gasteiger partial charge in [0.2, 0.25) is 0 Å². The minimum absolute atomic E-state index is 0.0239. The highest BCUT2D eigenvalue weighted by molar-refractivity contribution is 7.92. The molecule has 1 aliphatic rings. The third kappa shape index (κ3) is 5.68. The maximum absolute atomic E-state index is 14.0. The third-order valence-electron chi connectivity index (χ3n) is 6.32. The van der Waals surface area contributed by atoms with Crippen LogP contribution in [0.3, 0.4) is 0 Å². The van der Waals surface area contributed by atoms with Crippen molar-refractivity contribution in [3.63, 3.8) is 0 Å². The van der Waals surface area contributed by atoms with Crippen molar-refractivity contribution in [1.82, 2.24) is 0 Å². The first kappa shape index (κ1) is 29.8. The average Bonchev–Trinajstić information content (AvgIpc) is 2.82. The van der Waals surface area contributed by atoms with Gasteiger partial charge in [-0.05, 0) is 58.0 Å². The monoisotopic (exact) mass is 572 g/mol. The molecule has 0 saturated carbocycles. The summed E-state index contributed by atoms with van der Waals surface area (Å²) in [7, 11) is -3.39. The van der Waals surface area contributed by atoms with Gasteiger partial charge in [0.25, 0.3) is 10.0 Å². The summed E-state index contributed by atoms with van der Waals surface area (Å²) < 4.78 is 94.5. The van der Waals surface area contributed by atoms with Gasteiger partial charge in [-0.25, -0.2) is 12.8 Å². The first-order valence-corrected chi connectivity index (χ1v) is 13.0. The molecule has 2 aromatic carbocycles. The van der Waals surface area contributed by atoms with Crippen molar-refractivity contribution in [2.45, 2.75) is 56.8 Å². The van der Waals surface area contributed by atoms with Crippen molar-refractivity contribution < 1.29 is 45.4 Å². The number of benzene rings is 2. The van der Waals surface area contributed by atoms with E-state index >= 15 is 0 Å². The number of halogens is 4. The van der Waals surface area contributed by atoms with Crippen molar-refractivity contribution in [3.8, 4) is 17.6 Å². The number of sulfonamides is 1. The highest BCUT2D eigenvalue weighted by Crippen LogP contribution is 2.44. The Morgan fingerprint density at radius 2 is 1.85 bits per heavy atom. The summed E-state index contributed by atoms with van der Waals surface area (Å²) in [6.07, 6.45) is -7.96. The summed E-state index contributed by atoms with van der Waals surface area (Å²) in [5, 5.41) is 21.3. The van der Waals surface area contributed by atoms with Gasteiger partial charge >= 0.3 is 6.18 Å². The van der Waals surface area contributed by atoms with Gasteiger partial charge in [-0.3, -0.25) is 4.31 Å². The van der Waals surface area contributed by atoms with Crippen LogP contribution in [0.4, 0.5) is 33.7 Å². The van der Waals surface area contributed by atoms with Crippen LogP contribution in [0.25, 0.3) is 0 Å². The number of fused-ring (bicyclic) bond motifs is 1. The van der Waals surface area contributed by atoms with Gasteiger partial charge in [0, 0.05) is 18.2 Å². The average molecular weight is 573 g/mol. The number of carboxylic acid groups (broad SMARTS) is 1. The first-order valence-electron chi connectivity index (χ1n) is 11.5. The lowest BCUT2D eigenvalue weighted by atomic mass is 9.88. The Morgan fingerprint density at radius 1 is 1.21 bits per heavy atom. The number of hydrogen-bond acceptors (Lipinski definition) is 7. The smallest absolute Gasteiger partial charge is 0.411 e. The zero-order valence-corrected chi connectivity index (χ0v) is 22.5. The normalized spacial score (nSPS) is 16.1. The minimum atomic E-state index is -5.01. The van der Waals surface area contributed by atoms with E-state index in [2.05, 4.69) is 6.07 Å². The summed E-state index contributed by atoms with van der Waals surface area (Å²) >= 11 is 0. The predicted octanol–water partition coefficient (Wildman–Crippen LogP) is 4.22. The molecule has 0 aromatic heterocycles. The number of ether oxygens (including phenoxy) is 2. The molecule has 0 saturated heterocycles. The fourth-order valence-corrected chi connectivity index (χ4v) is 5.61. The summed E-state index contributed by atoms with van der Waals surface area (Å²) in [6, 6.07) is 8.01. The Labute approximate surface area is 223 Å². The van der Waals surface area contributed by atoms with E-state index in [-0.39, 0.29) is 35.1 Å². The summed E-state index contributed by atoms with van der Waals surface area (Å²) in [5.41, 5.74) is -4.65. The number of carbonyl (C=O) groups is 1. The molecule has 14 heteroatoms. The van der Waals surface area contributed by atoms with Gasteiger partial charge in [0.1, 0.15) is 23.5 Å². The maximum Gasteiger partial charge on any atom is 0.411 e. The molecule has 0 N–H and O–H groups in total. The fraction of sp³-hybridized carbons (Fsp3) is 0.440. The van der Waals surface area contributed by atoms with Gasteiger partial charge < -0.3 is 24.3 Å². The quantitative estimate of drug-likeness (QED) is 0.455. The van der Waals surface area contributed by atoms with E-state index < -0.39 is 55.8 Å². The van der Waals surface area contributed by atoms with Gasteiger partial charge in [-0.2, -0.15) is 18.4 Å². The molecule has 1 heterocycles. The summed E-state index contributed by atoms with van der Waals surface area (Å²) in [5.74, 6) is -1.27. The zero-order chi connectivity index (χ0) is 29.6. The highest BCUT2D eigenvalue weighted by atomic mass is 32.2. The third-order valence-corrected chi connectivity index (χ3v) is 8.09. The number of nitrogens with zero attached hydrogens (tertiary/aromatic N) is 3. The van der Waals surface area contributed by atoms with E-state index in [4.69, 9.17) is 9.47 Å². The number of methoxy groups -OCH3 is 1. The largest absolute Gasteiger partial charge is 0.530 e. The molecule has 212 valence electrons. The van der Waals surface area contributed by atoms with Gasteiger partial charge in [0.15, 0.2) is 11.6 Å².